The average Bonchev–Trinajstić information content (AvgIpc) is 3.24. The number of nitrogens with zero attached hydrogens (tertiary/aromatic N) is 6. The van der Waals surface area contributed by atoms with Crippen molar-refractivity contribution in [2.45, 2.75) is 20.4 Å². The number of halogens is 1. The van der Waals surface area contributed by atoms with E-state index in [9.17, 15) is 9.18 Å². The molecule has 4 aromatic heterocycles. The Balaban J connectivity index is 1.80. The van der Waals surface area contributed by atoms with Crippen LogP contribution in [-0.4, -0.2) is 29.3 Å². The molecule has 0 aliphatic carbocycles. The van der Waals surface area contributed by atoms with Crippen LogP contribution in [0.5, 0.6) is 0 Å². The Kier molecular flexibility index (Phi) is 4.10. The third kappa shape index (κ3) is 2.68. The minimum Gasteiger partial charge on any atom is -0.383 e. The van der Waals surface area contributed by atoms with Gasteiger partial charge in [-0.2, -0.15) is 5.10 Å². The van der Waals surface area contributed by atoms with Gasteiger partial charge in [0.1, 0.15) is 35.2 Å². The molecule has 5 aromatic rings. The summed E-state index contributed by atoms with van der Waals surface area (Å²) in [5, 5.41) is 7.51. The van der Waals surface area contributed by atoms with E-state index in [0.29, 0.717) is 38.6 Å². The highest BCUT2D eigenvalue weighted by Gasteiger charge is 2.20. The van der Waals surface area contributed by atoms with Crippen molar-refractivity contribution in [3.63, 3.8) is 0 Å². The van der Waals surface area contributed by atoms with Crippen molar-refractivity contribution in [2.24, 2.45) is 0 Å². The number of aryl methyl sites for hydroxylation is 2. The molecule has 0 aliphatic heterocycles. The van der Waals surface area contributed by atoms with Gasteiger partial charge in [-0.1, -0.05) is 12.1 Å². The quantitative estimate of drug-likeness (QED) is 0.480. The first-order chi connectivity index (χ1) is 14.5. The van der Waals surface area contributed by atoms with E-state index >= 15 is 0 Å². The van der Waals surface area contributed by atoms with E-state index in [1.54, 1.807) is 22.9 Å². The first-order valence-corrected chi connectivity index (χ1v) is 10.0. The second kappa shape index (κ2) is 6.70. The number of anilines is 1. The van der Waals surface area contributed by atoms with Crippen LogP contribution in [0, 0.1) is 19.7 Å². The lowest BCUT2D eigenvalue weighted by atomic mass is 10.2. The summed E-state index contributed by atoms with van der Waals surface area (Å²) < 4.78 is 17.6. The van der Waals surface area contributed by atoms with Crippen LogP contribution in [0.1, 0.15) is 17.1 Å². The van der Waals surface area contributed by atoms with Gasteiger partial charge in [-0.25, -0.2) is 24.0 Å². The Bertz CT molecular complexity index is 1500. The Morgan fingerprint density at radius 1 is 1.17 bits per heavy atom. The predicted octanol–water partition coefficient (Wildman–Crippen LogP) is 2.97. The summed E-state index contributed by atoms with van der Waals surface area (Å²) in [6.45, 7) is 3.76. The molecule has 30 heavy (non-hydrogen) atoms. The molecule has 0 unspecified atom stereocenters. The highest BCUT2D eigenvalue weighted by molar-refractivity contribution is 7.16. The molecular weight excluding hydrogens is 405 g/mol. The summed E-state index contributed by atoms with van der Waals surface area (Å²) >= 11 is 1.38. The van der Waals surface area contributed by atoms with Gasteiger partial charge in [0.25, 0.3) is 5.56 Å². The Morgan fingerprint density at radius 2 is 1.97 bits per heavy atom. The molecule has 2 N–H and O–H groups in total. The Labute approximate surface area is 173 Å². The Morgan fingerprint density at radius 3 is 2.77 bits per heavy atom. The summed E-state index contributed by atoms with van der Waals surface area (Å²) in [7, 11) is 0. The fourth-order valence-corrected chi connectivity index (χ4v) is 4.54. The van der Waals surface area contributed by atoms with Gasteiger partial charge in [0.15, 0.2) is 5.65 Å². The maximum atomic E-state index is 14.7. The smallest absolute Gasteiger partial charge is 0.267 e. The molecule has 0 amide bonds. The molecule has 0 saturated heterocycles. The minimum atomic E-state index is -0.511. The number of thiophene rings is 1. The first kappa shape index (κ1) is 18.4. The molecule has 0 bridgehead atoms. The van der Waals surface area contributed by atoms with Crippen molar-refractivity contribution >= 4 is 38.4 Å². The SMILES string of the molecule is Cc1nn(Cc2nc3scc(C)c3c(=O)n2-c2ccccc2F)c2ncnc(N)c12. The van der Waals surface area contributed by atoms with E-state index < -0.39 is 5.82 Å². The number of nitrogens with two attached hydrogens (primary N) is 1. The van der Waals surface area contributed by atoms with Crippen LogP contribution >= 0.6 is 11.3 Å². The van der Waals surface area contributed by atoms with Crippen LogP contribution in [0.15, 0.2) is 40.8 Å². The summed E-state index contributed by atoms with van der Waals surface area (Å²) in [6, 6.07) is 6.13. The zero-order valence-corrected chi connectivity index (χ0v) is 16.9. The van der Waals surface area contributed by atoms with Gasteiger partial charge in [-0.05, 0) is 36.9 Å². The molecule has 0 saturated carbocycles. The molecule has 0 radical (unpaired) electrons. The van der Waals surface area contributed by atoms with Crippen molar-refractivity contribution in [2.75, 3.05) is 5.73 Å². The van der Waals surface area contributed by atoms with Gasteiger partial charge in [0, 0.05) is 0 Å². The number of fused-ring (bicyclic) bond motifs is 2. The Hall–Kier alpha value is -3.66. The number of rotatable bonds is 3. The molecule has 0 fully saturated rings. The molecule has 4 heterocycles. The van der Waals surface area contributed by atoms with Crippen LogP contribution in [0.2, 0.25) is 0 Å². The molecule has 1 aromatic carbocycles. The maximum Gasteiger partial charge on any atom is 0.267 e. The number of hydrogen-bond acceptors (Lipinski definition) is 7. The predicted molar refractivity (Wildman–Crippen MR) is 113 cm³/mol. The van der Waals surface area contributed by atoms with E-state index in [2.05, 4.69) is 20.1 Å². The average molecular weight is 421 g/mol. The van der Waals surface area contributed by atoms with Gasteiger partial charge >= 0.3 is 0 Å². The van der Waals surface area contributed by atoms with E-state index in [-0.39, 0.29) is 17.8 Å². The molecule has 10 heteroatoms. The van der Waals surface area contributed by atoms with E-state index in [1.165, 1.54) is 28.3 Å². The molecule has 150 valence electrons. The monoisotopic (exact) mass is 421 g/mol. The molecule has 0 aliphatic rings. The van der Waals surface area contributed by atoms with Crippen LogP contribution in [-0.2, 0) is 6.54 Å². The van der Waals surface area contributed by atoms with Crippen molar-refractivity contribution < 1.29 is 4.39 Å². The minimum absolute atomic E-state index is 0.108. The maximum absolute atomic E-state index is 14.7. The zero-order chi connectivity index (χ0) is 21.0. The first-order valence-electron chi connectivity index (χ1n) is 9.14. The third-order valence-corrected chi connectivity index (χ3v) is 5.97. The standard InChI is InChI=1S/C20H16FN7OS/c1-10-8-30-19-15(10)20(29)28(13-6-4-3-5-12(13)21)14(25-19)7-27-18-16(11(2)26-27)17(22)23-9-24-18/h3-6,8-9H,7H2,1-2H3,(H2,22,23,24). The fraction of sp³-hybridized carbons (Fsp3) is 0.150. The normalized spacial score (nSPS) is 11.6. The second-order valence-electron chi connectivity index (χ2n) is 6.92. The van der Waals surface area contributed by atoms with Gasteiger partial charge in [-0.3, -0.25) is 9.36 Å². The van der Waals surface area contributed by atoms with Gasteiger partial charge in [0.2, 0.25) is 0 Å². The molecule has 5 rings (SSSR count). The molecule has 0 spiro atoms. The van der Waals surface area contributed by atoms with Crippen molar-refractivity contribution in [3.05, 3.63) is 69.2 Å². The lowest BCUT2D eigenvalue weighted by Gasteiger charge is -2.14. The van der Waals surface area contributed by atoms with E-state index in [0.717, 1.165) is 5.56 Å². The lowest BCUT2D eigenvalue weighted by Crippen LogP contribution is -2.26. The number of aromatic nitrogens is 6. The summed E-state index contributed by atoms with van der Waals surface area (Å²) in [5.41, 5.74) is 7.80. The van der Waals surface area contributed by atoms with E-state index in [1.807, 2.05) is 19.2 Å². The number of nitrogen functional groups attached to an aromatic ring is 1. The largest absolute Gasteiger partial charge is 0.383 e. The topological polar surface area (TPSA) is 105 Å². The zero-order valence-electron chi connectivity index (χ0n) is 16.1. The second-order valence-corrected chi connectivity index (χ2v) is 7.78. The van der Waals surface area contributed by atoms with Crippen LogP contribution in [0.3, 0.4) is 0 Å². The number of benzene rings is 1. The van der Waals surface area contributed by atoms with Crippen LogP contribution < -0.4 is 11.3 Å². The number of para-hydroxylation sites is 1. The lowest BCUT2D eigenvalue weighted by molar-refractivity contribution is 0.599. The van der Waals surface area contributed by atoms with Crippen molar-refractivity contribution in [1.82, 2.24) is 29.3 Å². The molecule has 0 atom stereocenters. The van der Waals surface area contributed by atoms with Crippen LogP contribution in [0.25, 0.3) is 26.9 Å². The van der Waals surface area contributed by atoms with E-state index in [4.69, 9.17) is 5.73 Å². The summed E-state index contributed by atoms with van der Waals surface area (Å²) in [5.74, 6) is 0.163. The number of hydrogen-bond donors (Lipinski definition) is 1. The highest BCUT2D eigenvalue weighted by Crippen LogP contribution is 2.25. The molecular formula is C20H16FN7OS. The van der Waals surface area contributed by atoms with Gasteiger partial charge in [-0.15, -0.1) is 11.3 Å². The highest BCUT2D eigenvalue weighted by atomic mass is 32.1. The van der Waals surface area contributed by atoms with Crippen molar-refractivity contribution in [1.29, 1.82) is 0 Å². The summed E-state index contributed by atoms with van der Waals surface area (Å²) in [6.07, 6.45) is 1.36. The fourth-order valence-electron chi connectivity index (χ4n) is 3.61. The molecule has 8 nitrogen and oxygen atoms in total. The van der Waals surface area contributed by atoms with Crippen molar-refractivity contribution in [3.8, 4) is 5.69 Å². The summed E-state index contributed by atoms with van der Waals surface area (Å²) in [4.78, 5) is 27.0. The van der Waals surface area contributed by atoms with Crippen LogP contribution in [0.4, 0.5) is 10.2 Å². The van der Waals surface area contributed by atoms with Gasteiger partial charge in [0.05, 0.1) is 22.2 Å². The third-order valence-electron chi connectivity index (χ3n) is 4.98. The van der Waals surface area contributed by atoms with Gasteiger partial charge < -0.3 is 5.73 Å².